The lowest BCUT2D eigenvalue weighted by atomic mass is 9.93. The zero-order valence-electron chi connectivity index (χ0n) is 12.1. The zero-order valence-corrected chi connectivity index (χ0v) is 12.9. The van der Waals surface area contributed by atoms with Crippen LogP contribution in [-0.2, 0) is 9.84 Å². The lowest BCUT2D eigenvalue weighted by Crippen LogP contribution is -2.23. The highest BCUT2D eigenvalue weighted by Crippen LogP contribution is 2.27. The molecule has 22 heavy (non-hydrogen) atoms. The van der Waals surface area contributed by atoms with Crippen molar-refractivity contribution in [2.75, 3.05) is 11.5 Å². The molecule has 0 aliphatic carbocycles. The van der Waals surface area contributed by atoms with E-state index in [2.05, 4.69) is 0 Å². The van der Waals surface area contributed by atoms with Crippen molar-refractivity contribution in [2.24, 2.45) is 5.73 Å². The summed E-state index contributed by atoms with van der Waals surface area (Å²) >= 11 is 0. The van der Waals surface area contributed by atoms with Crippen LogP contribution in [0, 0.1) is 0 Å². The van der Waals surface area contributed by atoms with Gasteiger partial charge in [-0.2, -0.15) is 13.2 Å². The van der Waals surface area contributed by atoms with Gasteiger partial charge < -0.3 is 5.73 Å². The molecule has 0 radical (unpaired) electrons. The van der Waals surface area contributed by atoms with Gasteiger partial charge >= 0.3 is 6.18 Å². The van der Waals surface area contributed by atoms with Crippen molar-refractivity contribution in [3.8, 4) is 0 Å². The fourth-order valence-electron chi connectivity index (χ4n) is 2.17. The molecule has 1 amide bonds. The number of rotatable bonds is 7. The van der Waals surface area contributed by atoms with Gasteiger partial charge in [-0.15, -0.1) is 0 Å². The molecule has 0 fully saturated rings. The molecule has 0 saturated heterocycles. The van der Waals surface area contributed by atoms with Crippen molar-refractivity contribution in [3.05, 3.63) is 35.4 Å². The van der Waals surface area contributed by atoms with Crippen LogP contribution in [0.2, 0.25) is 0 Å². The Bertz CT molecular complexity index is 626. The molecule has 1 aromatic carbocycles. The van der Waals surface area contributed by atoms with Crippen LogP contribution in [0.3, 0.4) is 0 Å². The molecular formula is C14H18F3NO3S. The Kier molecular flexibility index (Phi) is 5.99. The normalized spacial score (nSPS) is 13.8. The van der Waals surface area contributed by atoms with E-state index >= 15 is 0 Å². The minimum absolute atomic E-state index is 0.195. The Morgan fingerprint density at radius 3 is 2.36 bits per heavy atom. The highest BCUT2D eigenvalue weighted by Gasteiger charge is 2.31. The fraction of sp³-hybridized carbons (Fsp3) is 0.500. The van der Waals surface area contributed by atoms with Crippen LogP contribution >= 0.6 is 0 Å². The Morgan fingerprint density at radius 2 is 1.86 bits per heavy atom. The van der Waals surface area contributed by atoms with E-state index in [-0.39, 0.29) is 5.56 Å². The molecule has 0 aromatic heterocycles. The minimum atomic E-state index is -4.51. The zero-order chi connectivity index (χ0) is 17.0. The van der Waals surface area contributed by atoms with Crippen molar-refractivity contribution in [2.45, 2.75) is 31.9 Å². The van der Waals surface area contributed by atoms with Gasteiger partial charge in [-0.1, -0.05) is 25.1 Å². The highest BCUT2D eigenvalue weighted by molar-refractivity contribution is 7.91. The first kappa shape index (κ1) is 18.5. The van der Waals surface area contributed by atoms with Crippen LogP contribution in [0.25, 0.3) is 0 Å². The molecule has 0 saturated carbocycles. The van der Waals surface area contributed by atoms with E-state index < -0.39 is 45.8 Å². The van der Waals surface area contributed by atoms with E-state index in [0.717, 1.165) is 0 Å². The molecule has 124 valence electrons. The van der Waals surface area contributed by atoms with Crippen molar-refractivity contribution in [1.82, 2.24) is 0 Å². The van der Waals surface area contributed by atoms with E-state index in [0.29, 0.717) is 12.0 Å². The lowest BCUT2D eigenvalue weighted by Gasteiger charge is -2.18. The molecule has 0 spiro atoms. The number of nitrogens with two attached hydrogens (primary N) is 1. The van der Waals surface area contributed by atoms with Gasteiger partial charge in [-0.3, -0.25) is 4.79 Å². The first-order valence-electron chi connectivity index (χ1n) is 6.71. The molecule has 4 nitrogen and oxygen atoms in total. The van der Waals surface area contributed by atoms with E-state index in [1.54, 1.807) is 25.1 Å². The summed E-state index contributed by atoms with van der Waals surface area (Å²) in [5.74, 6) is -2.65. The summed E-state index contributed by atoms with van der Waals surface area (Å²) in [6.07, 6.45) is -5.52. The number of carbonyl (C=O) groups excluding carboxylic acids is 1. The fourth-order valence-corrected chi connectivity index (χ4v) is 3.90. The second-order valence-electron chi connectivity index (χ2n) is 5.04. The van der Waals surface area contributed by atoms with Crippen LogP contribution in [0.4, 0.5) is 13.2 Å². The van der Waals surface area contributed by atoms with Crippen molar-refractivity contribution in [1.29, 1.82) is 0 Å². The van der Waals surface area contributed by atoms with Gasteiger partial charge in [-0.05, 0) is 24.0 Å². The Balaban J connectivity index is 2.96. The minimum Gasteiger partial charge on any atom is -0.366 e. The number of sulfone groups is 1. The largest absolute Gasteiger partial charge is 0.390 e. The summed E-state index contributed by atoms with van der Waals surface area (Å²) in [5, 5.41) is 0. The second kappa shape index (κ2) is 7.13. The molecule has 8 heteroatoms. The summed E-state index contributed by atoms with van der Waals surface area (Å²) in [7, 11) is -3.89. The van der Waals surface area contributed by atoms with E-state index in [9.17, 15) is 26.4 Å². The number of alkyl halides is 3. The Morgan fingerprint density at radius 1 is 1.27 bits per heavy atom. The molecule has 0 bridgehead atoms. The van der Waals surface area contributed by atoms with Crippen molar-refractivity contribution < 1.29 is 26.4 Å². The maximum Gasteiger partial charge on any atom is 0.390 e. The Labute approximate surface area is 127 Å². The van der Waals surface area contributed by atoms with Crippen molar-refractivity contribution in [3.63, 3.8) is 0 Å². The predicted octanol–water partition coefficient (Wildman–Crippen LogP) is 2.65. The Hall–Kier alpha value is -1.57. The third-order valence-corrected chi connectivity index (χ3v) is 5.05. The molecule has 0 aliphatic heterocycles. The van der Waals surface area contributed by atoms with Crippen LogP contribution in [0.1, 0.15) is 41.6 Å². The molecule has 0 aliphatic rings. The number of carbonyl (C=O) groups is 1. The summed E-state index contributed by atoms with van der Waals surface area (Å²) < 4.78 is 60.3. The molecule has 1 atom stereocenters. The summed E-state index contributed by atoms with van der Waals surface area (Å²) in [5.41, 5.74) is 5.90. The SMILES string of the molecule is CC[C@@H](CS(=O)(=O)CCC(F)(F)F)c1ccccc1C(N)=O. The van der Waals surface area contributed by atoms with Gasteiger partial charge in [0.05, 0.1) is 17.9 Å². The average Bonchev–Trinajstić information content (AvgIpc) is 2.42. The molecule has 0 unspecified atom stereocenters. The quantitative estimate of drug-likeness (QED) is 0.831. The highest BCUT2D eigenvalue weighted by atomic mass is 32.2. The smallest absolute Gasteiger partial charge is 0.366 e. The number of halogens is 3. The van der Waals surface area contributed by atoms with E-state index in [4.69, 9.17) is 5.73 Å². The van der Waals surface area contributed by atoms with E-state index in [1.165, 1.54) is 6.07 Å². The van der Waals surface area contributed by atoms with Gasteiger partial charge in [-0.25, -0.2) is 8.42 Å². The number of hydrogen-bond acceptors (Lipinski definition) is 3. The maximum atomic E-state index is 12.2. The van der Waals surface area contributed by atoms with Gasteiger partial charge in [0, 0.05) is 5.56 Å². The first-order valence-corrected chi connectivity index (χ1v) is 8.53. The molecule has 1 rings (SSSR count). The number of amides is 1. The monoisotopic (exact) mass is 337 g/mol. The summed E-state index contributed by atoms with van der Waals surface area (Å²) in [6, 6.07) is 6.28. The molecule has 2 N–H and O–H groups in total. The van der Waals surface area contributed by atoms with E-state index in [1.807, 2.05) is 0 Å². The first-order chi connectivity index (χ1) is 10.1. The number of hydrogen-bond donors (Lipinski definition) is 1. The lowest BCUT2D eigenvalue weighted by molar-refractivity contribution is -0.129. The standard InChI is InChI=1S/C14H18F3NO3S/c1-2-10(9-22(20,21)8-7-14(15,16)17)11-5-3-4-6-12(11)13(18)19/h3-6,10H,2,7-9H2,1H3,(H2,18,19)/t10-/m0/s1. The number of primary amides is 1. The predicted molar refractivity (Wildman–Crippen MR) is 77.3 cm³/mol. The summed E-state index contributed by atoms with van der Waals surface area (Å²) in [6.45, 7) is 1.71. The topological polar surface area (TPSA) is 77.2 Å². The van der Waals surface area contributed by atoms with Crippen LogP contribution < -0.4 is 5.73 Å². The molecular weight excluding hydrogens is 319 g/mol. The summed E-state index contributed by atoms with van der Waals surface area (Å²) in [4.78, 5) is 11.4. The average molecular weight is 337 g/mol. The number of benzene rings is 1. The molecule has 1 aromatic rings. The third-order valence-electron chi connectivity index (χ3n) is 3.31. The van der Waals surface area contributed by atoms with Gasteiger partial charge in [0.15, 0.2) is 9.84 Å². The third kappa shape index (κ3) is 5.67. The van der Waals surface area contributed by atoms with Crippen LogP contribution in [0.5, 0.6) is 0 Å². The van der Waals surface area contributed by atoms with Gasteiger partial charge in [0.1, 0.15) is 0 Å². The van der Waals surface area contributed by atoms with Gasteiger partial charge in [0.25, 0.3) is 0 Å². The second-order valence-corrected chi connectivity index (χ2v) is 7.26. The van der Waals surface area contributed by atoms with Crippen LogP contribution in [-0.4, -0.2) is 32.0 Å². The molecule has 0 heterocycles. The van der Waals surface area contributed by atoms with Gasteiger partial charge in [0.2, 0.25) is 5.91 Å². The van der Waals surface area contributed by atoms with Crippen molar-refractivity contribution >= 4 is 15.7 Å². The van der Waals surface area contributed by atoms with Crippen LogP contribution in [0.15, 0.2) is 24.3 Å². The maximum absolute atomic E-state index is 12.2.